The first kappa shape index (κ1) is 20.6. The smallest absolute Gasteiger partial charge is 0.248 e. The molecule has 0 radical (unpaired) electrons. The fourth-order valence-corrected chi connectivity index (χ4v) is 5.53. The molecule has 0 unspecified atom stereocenters. The van der Waals surface area contributed by atoms with Gasteiger partial charge in [-0.05, 0) is 58.7 Å². The molecule has 0 saturated carbocycles. The fourth-order valence-electron chi connectivity index (χ4n) is 3.77. The van der Waals surface area contributed by atoms with E-state index in [1.54, 1.807) is 18.2 Å². The molecule has 7 nitrogen and oxygen atoms in total. The molecule has 0 amide bonds. The molecule has 2 aliphatic heterocycles. The molecule has 2 aliphatic rings. The molecule has 0 bridgehead atoms. The molecule has 3 heterocycles. The van der Waals surface area contributed by atoms with Gasteiger partial charge in [-0.3, -0.25) is 0 Å². The summed E-state index contributed by atoms with van der Waals surface area (Å²) in [7, 11) is -3.52. The van der Waals surface area contributed by atoms with Crippen LogP contribution in [0, 0.1) is 19.8 Å². The van der Waals surface area contributed by atoms with Crippen LogP contribution in [-0.4, -0.2) is 68.6 Å². The molecule has 0 aromatic carbocycles. The maximum Gasteiger partial charge on any atom is 0.248 e. The van der Waals surface area contributed by atoms with E-state index < -0.39 is 10.0 Å². The first-order valence-corrected chi connectivity index (χ1v) is 10.3. The number of halogens is 1. The van der Waals surface area contributed by atoms with Crippen molar-refractivity contribution < 1.29 is 12.9 Å². The summed E-state index contributed by atoms with van der Waals surface area (Å²) in [5, 5.41) is 7.19. The van der Waals surface area contributed by atoms with Gasteiger partial charge in [0, 0.05) is 26.2 Å². The summed E-state index contributed by atoms with van der Waals surface area (Å²) in [6.45, 7) is 9.51. The van der Waals surface area contributed by atoms with Gasteiger partial charge in [-0.2, -0.15) is 4.31 Å². The van der Waals surface area contributed by atoms with Crippen LogP contribution in [0.1, 0.15) is 30.7 Å². The SMILES string of the molecule is Cc1noc(C)c1S(=O)(=O)N1CCCN(CC2CCNCC2)CC1.Cl. The topological polar surface area (TPSA) is 78.7 Å². The number of aryl methyl sites for hydroxylation is 2. The normalized spacial score (nSPS) is 21.7. The zero-order chi connectivity index (χ0) is 17.2. The van der Waals surface area contributed by atoms with Crippen molar-refractivity contribution in [1.29, 1.82) is 0 Å². The molecule has 144 valence electrons. The third kappa shape index (κ3) is 4.74. The van der Waals surface area contributed by atoms with Crippen LogP contribution in [0.5, 0.6) is 0 Å². The van der Waals surface area contributed by atoms with Gasteiger partial charge < -0.3 is 14.7 Å². The summed E-state index contributed by atoms with van der Waals surface area (Å²) >= 11 is 0. The van der Waals surface area contributed by atoms with Crippen molar-refractivity contribution >= 4 is 22.4 Å². The second kappa shape index (κ2) is 8.81. The van der Waals surface area contributed by atoms with E-state index in [1.807, 2.05) is 0 Å². The van der Waals surface area contributed by atoms with E-state index >= 15 is 0 Å². The number of hydrogen-bond donors (Lipinski definition) is 1. The number of piperidine rings is 1. The molecule has 2 fully saturated rings. The minimum absolute atomic E-state index is 0. The Balaban J connectivity index is 0.00000225. The van der Waals surface area contributed by atoms with Crippen molar-refractivity contribution in [3.8, 4) is 0 Å². The highest BCUT2D eigenvalue weighted by atomic mass is 35.5. The van der Waals surface area contributed by atoms with Gasteiger partial charge >= 0.3 is 0 Å². The van der Waals surface area contributed by atoms with Gasteiger partial charge in [-0.25, -0.2) is 8.42 Å². The number of sulfonamides is 1. The molecule has 0 spiro atoms. The standard InChI is InChI=1S/C16H28N4O3S.ClH/c1-13-16(14(2)23-18-13)24(21,22)20-9-3-8-19(10-11-20)12-15-4-6-17-7-5-15;/h15,17H,3-12H2,1-2H3;1H. The van der Waals surface area contributed by atoms with Crippen LogP contribution in [0.25, 0.3) is 0 Å². The van der Waals surface area contributed by atoms with Crippen LogP contribution < -0.4 is 5.32 Å². The Morgan fingerprint density at radius 2 is 1.88 bits per heavy atom. The van der Waals surface area contributed by atoms with Crippen molar-refractivity contribution in [3.63, 3.8) is 0 Å². The Bertz CT molecular complexity index is 639. The van der Waals surface area contributed by atoms with Gasteiger partial charge in [-0.1, -0.05) is 5.16 Å². The zero-order valence-electron chi connectivity index (χ0n) is 15.0. The number of nitrogens with zero attached hydrogens (tertiary/aromatic N) is 3. The predicted molar refractivity (Wildman–Crippen MR) is 98.6 cm³/mol. The fraction of sp³-hybridized carbons (Fsp3) is 0.812. The van der Waals surface area contributed by atoms with E-state index in [4.69, 9.17) is 4.52 Å². The summed E-state index contributed by atoms with van der Waals surface area (Å²) in [6.07, 6.45) is 3.31. The van der Waals surface area contributed by atoms with Crippen LogP contribution in [0.3, 0.4) is 0 Å². The van der Waals surface area contributed by atoms with Gasteiger partial charge in [0.15, 0.2) is 5.76 Å². The van der Waals surface area contributed by atoms with Crippen LogP contribution in [0.15, 0.2) is 9.42 Å². The molecule has 9 heteroatoms. The average Bonchev–Trinajstić information content (AvgIpc) is 2.75. The molecule has 0 aliphatic carbocycles. The van der Waals surface area contributed by atoms with Crippen molar-refractivity contribution in [2.24, 2.45) is 5.92 Å². The molecule has 1 aromatic rings. The number of rotatable bonds is 4. The molecule has 3 rings (SSSR count). The average molecular weight is 393 g/mol. The van der Waals surface area contributed by atoms with Gasteiger partial charge in [-0.15, -0.1) is 12.4 Å². The zero-order valence-corrected chi connectivity index (χ0v) is 16.7. The maximum atomic E-state index is 12.9. The molecular weight excluding hydrogens is 364 g/mol. The number of nitrogens with one attached hydrogen (secondary N) is 1. The van der Waals surface area contributed by atoms with Crippen LogP contribution in [0.2, 0.25) is 0 Å². The third-order valence-electron chi connectivity index (χ3n) is 5.09. The minimum Gasteiger partial charge on any atom is -0.360 e. The van der Waals surface area contributed by atoms with E-state index in [0.29, 0.717) is 24.5 Å². The Morgan fingerprint density at radius 3 is 2.52 bits per heavy atom. The maximum absolute atomic E-state index is 12.9. The van der Waals surface area contributed by atoms with Crippen molar-refractivity contribution in [2.75, 3.05) is 45.8 Å². The highest BCUT2D eigenvalue weighted by molar-refractivity contribution is 7.89. The largest absolute Gasteiger partial charge is 0.360 e. The Kier molecular flexibility index (Phi) is 7.28. The summed E-state index contributed by atoms with van der Waals surface area (Å²) in [5.41, 5.74) is 0.448. The van der Waals surface area contributed by atoms with E-state index in [1.165, 1.54) is 12.8 Å². The van der Waals surface area contributed by atoms with E-state index in [0.717, 1.165) is 45.1 Å². The first-order valence-electron chi connectivity index (χ1n) is 8.84. The lowest BCUT2D eigenvalue weighted by Crippen LogP contribution is -2.39. The first-order chi connectivity index (χ1) is 11.5. The lowest BCUT2D eigenvalue weighted by Gasteiger charge is -2.29. The van der Waals surface area contributed by atoms with E-state index in [2.05, 4.69) is 15.4 Å². The molecule has 25 heavy (non-hydrogen) atoms. The highest BCUT2D eigenvalue weighted by Gasteiger charge is 2.32. The summed E-state index contributed by atoms with van der Waals surface area (Å²) in [5.74, 6) is 1.11. The van der Waals surface area contributed by atoms with Crippen LogP contribution in [-0.2, 0) is 10.0 Å². The Labute approximate surface area is 156 Å². The van der Waals surface area contributed by atoms with Gasteiger partial charge in [0.2, 0.25) is 10.0 Å². The summed E-state index contributed by atoms with van der Waals surface area (Å²) in [4.78, 5) is 2.67. The Hall–Kier alpha value is -0.670. The predicted octanol–water partition coefficient (Wildman–Crippen LogP) is 1.41. The van der Waals surface area contributed by atoms with Gasteiger partial charge in [0.05, 0.1) is 0 Å². The monoisotopic (exact) mass is 392 g/mol. The minimum atomic E-state index is -3.52. The lowest BCUT2D eigenvalue weighted by atomic mass is 9.97. The summed E-state index contributed by atoms with van der Waals surface area (Å²) in [6, 6.07) is 0. The van der Waals surface area contributed by atoms with Gasteiger partial charge in [0.1, 0.15) is 10.6 Å². The third-order valence-corrected chi connectivity index (χ3v) is 7.23. The highest BCUT2D eigenvalue weighted by Crippen LogP contribution is 2.24. The van der Waals surface area contributed by atoms with Crippen LogP contribution in [0.4, 0.5) is 0 Å². The van der Waals surface area contributed by atoms with Crippen LogP contribution >= 0.6 is 12.4 Å². The number of hydrogen-bond acceptors (Lipinski definition) is 6. The Morgan fingerprint density at radius 1 is 1.16 bits per heavy atom. The quantitative estimate of drug-likeness (QED) is 0.834. The molecule has 2 saturated heterocycles. The van der Waals surface area contributed by atoms with E-state index in [9.17, 15) is 8.42 Å². The van der Waals surface area contributed by atoms with Gasteiger partial charge in [0.25, 0.3) is 0 Å². The molecule has 1 N–H and O–H groups in total. The molecular formula is C16H29ClN4O3S. The van der Waals surface area contributed by atoms with Crippen molar-refractivity contribution in [3.05, 3.63) is 11.5 Å². The molecule has 1 aromatic heterocycles. The van der Waals surface area contributed by atoms with Crippen molar-refractivity contribution in [2.45, 2.75) is 38.0 Å². The second-order valence-corrected chi connectivity index (χ2v) is 8.78. The molecule has 0 atom stereocenters. The second-order valence-electron chi connectivity index (χ2n) is 6.90. The van der Waals surface area contributed by atoms with E-state index in [-0.39, 0.29) is 17.3 Å². The lowest BCUT2D eigenvalue weighted by molar-refractivity contribution is 0.213. The number of aromatic nitrogens is 1. The van der Waals surface area contributed by atoms with Crippen molar-refractivity contribution in [1.82, 2.24) is 19.7 Å². The summed E-state index contributed by atoms with van der Waals surface area (Å²) < 4.78 is 32.5.